The van der Waals surface area contributed by atoms with Gasteiger partial charge in [-0.3, -0.25) is 0 Å². The molecule has 0 nitrogen and oxygen atoms in total. The van der Waals surface area contributed by atoms with Gasteiger partial charge < -0.3 is 0 Å². The van der Waals surface area contributed by atoms with E-state index < -0.39 is 0 Å². The third-order valence-corrected chi connectivity index (χ3v) is 2.97. The Balaban J connectivity index is 2.17. The standard InChI is InChI=1S/C18H18/c1-2-9-17(18-12-7-4-8-13-18)15-14-16-10-5-3-6-11-16/h2-8,10-15,17H,1,9H2/b15-14+. The quantitative estimate of drug-likeness (QED) is 0.634. The zero-order valence-corrected chi connectivity index (χ0v) is 10.5. The van der Waals surface area contributed by atoms with Crippen molar-refractivity contribution in [3.63, 3.8) is 0 Å². The fraction of sp³-hybridized carbons (Fsp3) is 0.111. The molecule has 0 saturated carbocycles. The van der Waals surface area contributed by atoms with Crippen molar-refractivity contribution >= 4 is 6.08 Å². The average molecular weight is 234 g/mol. The number of benzene rings is 2. The van der Waals surface area contributed by atoms with Gasteiger partial charge in [0.25, 0.3) is 0 Å². The highest BCUT2D eigenvalue weighted by molar-refractivity contribution is 5.50. The van der Waals surface area contributed by atoms with Crippen molar-refractivity contribution in [2.75, 3.05) is 0 Å². The van der Waals surface area contributed by atoms with Crippen LogP contribution in [0.1, 0.15) is 23.5 Å². The maximum Gasteiger partial charge on any atom is 0.00557 e. The molecule has 0 fully saturated rings. The zero-order chi connectivity index (χ0) is 12.6. The van der Waals surface area contributed by atoms with Gasteiger partial charge in [-0.05, 0) is 17.5 Å². The van der Waals surface area contributed by atoms with Crippen LogP contribution in [0.5, 0.6) is 0 Å². The van der Waals surface area contributed by atoms with Gasteiger partial charge in [0.05, 0.1) is 0 Å². The van der Waals surface area contributed by atoms with Crippen molar-refractivity contribution in [2.45, 2.75) is 12.3 Å². The summed E-state index contributed by atoms with van der Waals surface area (Å²) in [7, 11) is 0. The molecular formula is C18H18. The summed E-state index contributed by atoms with van der Waals surface area (Å²) in [6.45, 7) is 3.85. The summed E-state index contributed by atoms with van der Waals surface area (Å²) < 4.78 is 0. The summed E-state index contributed by atoms with van der Waals surface area (Å²) >= 11 is 0. The van der Waals surface area contributed by atoms with E-state index in [1.807, 2.05) is 12.1 Å². The third-order valence-electron chi connectivity index (χ3n) is 2.97. The Labute approximate surface area is 109 Å². The largest absolute Gasteiger partial charge is 0.103 e. The van der Waals surface area contributed by atoms with Gasteiger partial charge in [-0.2, -0.15) is 0 Å². The Morgan fingerprint density at radius 2 is 1.50 bits per heavy atom. The van der Waals surface area contributed by atoms with E-state index in [2.05, 4.69) is 73.3 Å². The number of hydrogen-bond donors (Lipinski definition) is 0. The minimum absolute atomic E-state index is 0.406. The van der Waals surface area contributed by atoms with Gasteiger partial charge in [0.1, 0.15) is 0 Å². The first-order valence-electron chi connectivity index (χ1n) is 6.29. The molecule has 90 valence electrons. The van der Waals surface area contributed by atoms with Crippen LogP contribution < -0.4 is 0 Å². The maximum absolute atomic E-state index is 3.85. The van der Waals surface area contributed by atoms with Gasteiger partial charge in [-0.1, -0.05) is 78.9 Å². The molecule has 0 aliphatic heterocycles. The summed E-state index contributed by atoms with van der Waals surface area (Å²) in [6, 6.07) is 21.0. The molecule has 1 unspecified atom stereocenters. The number of rotatable bonds is 5. The molecule has 2 aromatic rings. The Kier molecular flexibility index (Phi) is 4.54. The van der Waals surface area contributed by atoms with Crippen LogP contribution in [0.4, 0.5) is 0 Å². The predicted molar refractivity (Wildman–Crippen MR) is 79.5 cm³/mol. The maximum atomic E-state index is 3.85. The SMILES string of the molecule is C=CCC(/C=C/c1ccccc1)c1ccccc1. The molecule has 0 radical (unpaired) electrons. The molecule has 0 saturated heterocycles. The Morgan fingerprint density at radius 3 is 2.11 bits per heavy atom. The van der Waals surface area contributed by atoms with E-state index >= 15 is 0 Å². The van der Waals surface area contributed by atoms with E-state index in [1.54, 1.807) is 0 Å². The highest BCUT2D eigenvalue weighted by atomic mass is 14.1. The molecule has 18 heavy (non-hydrogen) atoms. The molecule has 0 amide bonds. The zero-order valence-electron chi connectivity index (χ0n) is 10.5. The number of hydrogen-bond acceptors (Lipinski definition) is 0. The number of allylic oxidation sites excluding steroid dienone is 2. The highest BCUT2D eigenvalue weighted by Gasteiger charge is 2.04. The fourth-order valence-electron chi connectivity index (χ4n) is 2.00. The summed E-state index contributed by atoms with van der Waals surface area (Å²) in [4.78, 5) is 0. The smallest absolute Gasteiger partial charge is 0.00557 e. The normalized spacial score (nSPS) is 12.4. The summed E-state index contributed by atoms with van der Waals surface area (Å²) in [6.07, 6.45) is 7.38. The van der Waals surface area contributed by atoms with E-state index in [1.165, 1.54) is 11.1 Å². The van der Waals surface area contributed by atoms with E-state index in [9.17, 15) is 0 Å². The molecule has 2 aromatic carbocycles. The Hall–Kier alpha value is -2.08. The molecule has 0 heterocycles. The van der Waals surface area contributed by atoms with E-state index in [4.69, 9.17) is 0 Å². The van der Waals surface area contributed by atoms with Gasteiger partial charge in [0.2, 0.25) is 0 Å². The second-order valence-electron chi connectivity index (χ2n) is 4.31. The average Bonchev–Trinajstić information content (AvgIpc) is 2.45. The molecule has 0 aliphatic carbocycles. The lowest BCUT2D eigenvalue weighted by Crippen LogP contribution is -1.92. The second kappa shape index (κ2) is 6.61. The van der Waals surface area contributed by atoms with Gasteiger partial charge in [0, 0.05) is 5.92 Å². The van der Waals surface area contributed by atoms with E-state index in [0.29, 0.717) is 5.92 Å². The minimum Gasteiger partial charge on any atom is -0.103 e. The molecule has 0 spiro atoms. The minimum atomic E-state index is 0.406. The molecule has 2 rings (SSSR count). The van der Waals surface area contributed by atoms with Gasteiger partial charge in [0.15, 0.2) is 0 Å². The topological polar surface area (TPSA) is 0 Å². The third kappa shape index (κ3) is 3.46. The van der Waals surface area contributed by atoms with Crippen molar-refractivity contribution in [3.8, 4) is 0 Å². The second-order valence-corrected chi connectivity index (χ2v) is 4.31. The molecular weight excluding hydrogens is 216 g/mol. The van der Waals surface area contributed by atoms with Crippen LogP contribution in [0.2, 0.25) is 0 Å². The van der Waals surface area contributed by atoms with Crippen molar-refractivity contribution in [3.05, 3.63) is 90.5 Å². The van der Waals surface area contributed by atoms with Crippen LogP contribution in [0.3, 0.4) is 0 Å². The molecule has 0 bridgehead atoms. The lowest BCUT2D eigenvalue weighted by molar-refractivity contribution is 0.869. The molecule has 1 atom stereocenters. The van der Waals surface area contributed by atoms with Crippen LogP contribution in [0.15, 0.2) is 79.4 Å². The van der Waals surface area contributed by atoms with Crippen LogP contribution in [-0.2, 0) is 0 Å². The first-order chi connectivity index (χ1) is 8.90. The van der Waals surface area contributed by atoms with Crippen LogP contribution in [0.25, 0.3) is 6.08 Å². The molecule has 0 aromatic heterocycles. The highest BCUT2D eigenvalue weighted by Crippen LogP contribution is 2.22. The first kappa shape index (κ1) is 12.4. The van der Waals surface area contributed by atoms with Crippen LogP contribution in [0, 0.1) is 0 Å². The van der Waals surface area contributed by atoms with E-state index in [-0.39, 0.29) is 0 Å². The van der Waals surface area contributed by atoms with Gasteiger partial charge in [-0.15, -0.1) is 6.58 Å². The fourth-order valence-corrected chi connectivity index (χ4v) is 2.00. The van der Waals surface area contributed by atoms with Crippen molar-refractivity contribution in [1.82, 2.24) is 0 Å². The van der Waals surface area contributed by atoms with Gasteiger partial charge >= 0.3 is 0 Å². The monoisotopic (exact) mass is 234 g/mol. The molecule has 0 aliphatic rings. The lowest BCUT2D eigenvalue weighted by Gasteiger charge is -2.10. The lowest BCUT2D eigenvalue weighted by atomic mass is 9.94. The van der Waals surface area contributed by atoms with E-state index in [0.717, 1.165) is 6.42 Å². The Bertz CT molecular complexity index is 494. The van der Waals surface area contributed by atoms with Crippen molar-refractivity contribution in [1.29, 1.82) is 0 Å². The van der Waals surface area contributed by atoms with Gasteiger partial charge in [-0.25, -0.2) is 0 Å². The van der Waals surface area contributed by atoms with Crippen LogP contribution >= 0.6 is 0 Å². The molecule has 0 N–H and O–H groups in total. The predicted octanol–water partition coefficient (Wildman–Crippen LogP) is 5.06. The first-order valence-corrected chi connectivity index (χ1v) is 6.29. The summed E-state index contributed by atoms with van der Waals surface area (Å²) in [5, 5.41) is 0. The Morgan fingerprint density at radius 1 is 0.889 bits per heavy atom. The van der Waals surface area contributed by atoms with Crippen molar-refractivity contribution < 1.29 is 0 Å². The van der Waals surface area contributed by atoms with Crippen molar-refractivity contribution in [2.24, 2.45) is 0 Å². The molecule has 0 heteroatoms. The van der Waals surface area contributed by atoms with Crippen LogP contribution in [-0.4, -0.2) is 0 Å². The summed E-state index contributed by atoms with van der Waals surface area (Å²) in [5.74, 6) is 0.406. The summed E-state index contributed by atoms with van der Waals surface area (Å²) in [5.41, 5.74) is 2.58.